The Balaban J connectivity index is 1.77. The van der Waals surface area contributed by atoms with Crippen LogP contribution in [0.3, 0.4) is 0 Å². The van der Waals surface area contributed by atoms with Crippen LogP contribution in [0.4, 0.5) is 10.5 Å². The lowest BCUT2D eigenvalue weighted by Gasteiger charge is -2.34. The smallest absolute Gasteiger partial charge is 0.411 e. The second-order valence-corrected chi connectivity index (χ2v) is 6.34. The van der Waals surface area contributed by atoms with Crippen molar-refractivity contribution >= 4 is 23.4 Å². The molecule has 0 radical (unpaired) electrons. The minimum atomic E-state index is -0.797. The summed E-state index contributed by atoms with van der Waals surface area (Å²) in [5.41, 5.74) is 3.03. The van der Waals surface area contributed by atoms with Gasteiger partial charge in [-0.15, -0.1) is 0 Å². The number of nitrogens with one attached hydrogen (secondary N) is 1. The van der Waals surface area contributed by atoms with E-state index in [1.54, 1.807) is 25.4 Å². The molecule has 140 valence electrons. The summed E-state index contributed by atoms with van der Waals surface area (Å²) in [4.78, 5) is 35.1. The van der Waals surface area contributed by atoms with Gasteiger partial charge in [0.1, 0.15) is 6.61 Å². The number of rotatable bonds is 4. The maximum atomic E-state index is 12.6. The molecule has 0 bridgehead atoms. The molecular weight excluding hydrogens is 344 g/mol. The van der Waals surface area contributed by atoms with Crippen LogP contribution in [0.15, 0.2) is 53.8 Å². The maximum Gasteiger partial charge on any atom is 0.411 e. The van der Waals surface area contributed by atoms with E-state index in [0.717, 1.165) is 16.8 Å². The second kappa shape index (κ2) is 8.44. The summed E-state index contributed by atoms with van der Waals surface area (Å²) in [6.07, 6.45) is 2.82. The van der Waals surface area contributed by atoms with Crippen molar-refractivity contribution < 1.29 is 14.3 Å². The largest absolute Gasteiger partial charge is 0.445 e. The second-order valence-electron chi connectivity index (χ2n) is 6.34. The topological polar surface area (TPSA) is 83.9 Å². The van der Waals surface area contributed by atoms with Gasteiger partial charge in [0, 0.05) is 31.2 Å². The number of aromatic nitrogens is 1. The number of piperazine rings is 1. The Labute approximate surface area is 158 Å². The lowest BCUT2D eigenvalue weighted by molar-refractivity contribution is -0.125. The Kier molecular flexibility index (Phi) is 5.80. The zero-order valence-electron chi connectivity index (χ0n) is 15.4. The van der Waals surface area contributed by atoms with E-state index < -0.39 is 12.1 Å². The van der Waals surface area contributed by atoms with Gasteiger partial charge in [0.05, 0.1) is 5.69 Å². The molecule has 1 aliphatic rings. The molecule has 1 unspecified atom stereocenters. The summed E-state index contributed by atoms with van der Waals surface area (Å²) in [5.74, 6) is -0.258. The highest BCUT2D eigenvalue weighted by Crippen LogP contribution is 2.19. The molecule has 1 atom stereocenters. The Morgan fingerprint density at radius 1 is 1.33 bits per heavy atom. The van der Waals surface area contributed by atoms with Crippen molar-refractivity contribution in [2.75, 3.05) is 13.1 Å². The van der Waals surface area contributed by atoms with Crippen molar-refractivity contribution in [2.24, 2.45) is 4.99 Å². The van der Waals surface area contributed by atoms with E-state index in [9.17, 15) is 9.59 Å². The van der Waals surface area contributed by atoms with E-state index in [-0.39, 0.29) is 12.5 Å². The monoisotopic (exact) mass is 366 g/mol. The maximum absolute atomic E-state index is 12.6. The number of pyridine rings is 1. The summed E-state index contributed by atoms with van der Waals surface area (Å²) >= 11 is 0. The van der Waals surface area contributed by atoms with Gasteiger partial charge >= 0.3 is 6.09 Å². The van der Waals surface area contributed by atoms with Gasteiger partial charge in [0.15, 0.2) is 6.04 Å². The third-order valence-electron chi connectivity index (χ3n) is 4.33. The molecule has 1 saturated heterocycles. The number of ether oxygens (including phenoxy) is 1. The van der Waals surface area contributed by atoms with Crippen LogP contribution in [0.2, 0.25) is 0 Å². The van der Waals surface area contributed by atoms with Gasteiger partial charge in [-0.1, -0.05) is 30.3 Å². The van der Waals surface area contributed by atoms with E-state index in [1.165, 1.54) is 4.90 Å². The average Bonchev–Trinajstić information content (AvgIpc) is 2.68. The highest BCUT2D eigenvalue weighted by atomic mass is 16.6. The fraction of sp³-hybridized carbons (Fsp3) is 0.300. The molecule has 1 fully saturated rings. The van der Waals surface area contributed by atoms with Gasteiger partial charge in [-0.05, 0) is 31.0 Å². The molecule has 2 aromatic rings. The number of nitrogens with zero attached hydrogens (tertiary/aromatic N) is 3. The van der Waals surface area contributed by atoms with Crippen LogP contribution in [-0.2, 0) is 16.1 Å². The summed E-state index contributed by atoms with van der Waals surface area (Å²) in [7, 11) is 0. The van der Waals surface area contributed by atoms with Crippen LogP contribution in [-0.4, -0.2) is 46.7 Å². The van der Waals surface area contributed by atoms with E-state index in [2.05, 4.69) is 15.3 Å². The minimum Gasteiger partial charge on any atom is -0.445 e. The number of carbonyl (C=O) groups excluding carboxylic acids is 2. The number of carbonyl (C=O) groups is 2. The Hall–Kier alpha value is -3.22. The lowest BCUT2D eigenvalue weighted by Crippen LogP contribution is -2.60. The van der Waals surface area contributed by atoms with Gasteiger partial charge in [0.25, 0.3) is 0 Å². The summed E-state index contributed by atoms with van der Waals surface area (Å²) in [6, 6.07) is 10.4. The van der Waals surface area contributed by atoms with Crippen molar-refractivity contribution in [3.63, 3.8) is 0 Å². The van der Waals surface area contributed by atoms with E-state index in [1.807, 2.05) is 37.3 Å². The molecule has 0 saturated carbocycles. The lowest BCUT2D eigenvalue weighted by atomic mass is 10.1. The quantitative estimate of drug-likeness (QED) is 0.843. The predicted octanol–water partition coefficient (Wildman–Crippen LogP) is 2.62. The molecule has 1 aliphatic heterocycles. The molecule has 7 heteroatoms. The molecule has 0 aliphatic carbocycles. The van der Waals surface area contributed by atoms with Crippen LogP contribution >= 0.6 is 0 Å². The molecular formula is C20H22N4O3. The number of hydrogen-bond donors (Lipinski definition) is 1. The van der Waals surface area contributed by atoms with Crippen molar-refractivity contribution in [3.8, 4) is 0 Å². The van der Waals surface area contributed by atoms with Gasteiger partial charge < -0.3 is 10.1 Å². The summed E-state index contributed by atoms with van der Waals surface area (Å²) in [6.45, 7) is 4.55. The van der Waals surface area contributed by atoms with Crippen LogP contribution in [0.25, 0.3) is 0 Å². The number of amides is 2. The number of aryl methyl sites for hydroxylation is 1. The Morgan fingerprint density at radius 3 is 2.85 bits per heavy atom. The van der Waals surface area contributed by atoms with E-state index in [0.29, 0.717) is 18.8 Å². The van der Waals surface area contributed by atoms with Gasteiger partial charge in [0.2, 0.25) is 5.91 Å². The fourth-order valence-corrected chi connectivity index (χ4v) is 2.92. The first-order valence-corrected chi connectivity index (χ1v) is 8.77. The van der Waals surface area contributed by atoms with Crippen molar-refractivity contribution in [1.29, 1.82) is 0 Å². The molecule has 1 aromatic carbocycles. The first-order chi connectivity index (χ1) is 13.1. The standard InChI is InChI=1S/C20H22N4O3/c1-14-12-21-9-8-17(14)23-15(2)18-19(25)22-10-11-24(18)20(26)27-13-16-6-4-3-5-7-16/h3-9,12,18H,10-11,13H2,1-2H3,(H,22,25)/b23-15-. The van der Waals surface area contributed by atoms with Gasteiger partial charge in [-0.3, -0.25) is 19.7 Å². The number of benzene rings is 1. The first kappa shape index (κ1) is 18.6. The number of aliphatic imine (C=N–C) groups is 1. The van der Waals surface area contributed by atoms with E-state index in [4.69, 9.17) is 4.74 Å². The SMILES string of the molecule is C/C(=N/c1ccncc1C)C1C(=O)NCCN1C(=O)OCc1ccccc1. The zero-order chi connectivity index (χ0) is 19.2. The molecule has 27 heavy (non-hydrogen) atoms. The molecule has 3 rings (SSSR count). The fourth-order valence-electron chi connectivity index (χ4n) is 2.92. The zero-order valence-corrected chi connectivity index (χ0v) is 15.4. The average molecular weight is 366 g/mol. The summed E-state index contributed by atoms with van der Waals surface area (Å²) < 4.78 is 5.41. The Bertz CT molecular complexity index is 851. The van der Waals surface area contributed by atoms with Crippen molar-refractivity contribution in [2.45, 2.75) is 26.5 Å². The van der Waals surface area contributed by atoms with Crippen LogP contribution in [0, 0.1) is 6.92 Å². The third-order valence-corrected chi connectivity index (χ3v) is 4.33. The molecule has 2 heterocycles. The molecule has 1 aromatic heterocycles. The molecule has 0 spiro atoms. The van der Waals surface area contributed by atoms with Crippen molar-refractivity contribution in [3.05, 3.63) is 59.9 Å². The normalized spacial score (nSPS) is 17.4. The summed E-state index contributed by atoms with van der Waals surface area (Å²) in [5, 5.41) is 2.79. The van der Waals surface area contributed by atoms with Crippen LogP contribution in [0.1, 0.15) is 18.1 Å². The van der Waals surface area contributed by atoms with Gasteiger partial charge in [-0.2, -0.15) is 0 Å². The van der Waals surface area contributed by atoms with Crippen LogP contribution in [0.5, 0.6) is 0 Å². The highest BCUT2D eigenvalue weighted by molar-refractivity contribution is 6.10. The highest BCUT2D eigenvalue weighted by Gasteiger charge is 2.36. The minimum absolute atomic E-state index is 0.157. The molecule has 2 amide bonds. The van der Waals surface area contributed by atoms with Crippen LogP contribution < -0.4 is 5.32 Å². The molecule has 1 N–H and O–H groups in total. The predicted molar refractivity (Wildman–Crippen MR) is 102 cm³/mol. The Morgan fingerprint density at radius 2 is 2.11 bits per heavy atom. The molecule has 7 nitrogen and oxygen atoms in total. The van der Waals surface area contributed by atoms with E-state index >= 15 is 0 Å². The number of hydrogen-bond acceptors (Lipinski definition) is 5. The third kappa shape index (κ3) is 4.49. The van der Waals surface area contributed by atoms with Gasteiger partial charge in [-0.25, -0.2) is 4.79 Å². The van der Waals surface area contributed by atoms with Crippen molar-refractivity contribution in [1.82, 2.24) is 15.2 Å². The first-order valence-electron chi connectivity index (χ1n) is 8.77.